The normalized spacial score (nSPS) is 13.4. The highest BCUT2D eigenvalue weighted by Gasteiger charge is 2.30. The van der Waals surface area contributed by atoms with Crippen molar-refractivity contribution in [2.75, 3.05) is 18.2 Å². The summed E-state index contributed by atoms with van der Waals surface area (Å²) in [6.45, 7) is 0. The molecule has 1 aliphatic carbocycles. The number of benzene rings is 1. The second kappa shape index (κ2) is 8.20. The van der Waals surface area contributed by atoms with Crippen LogP contribution in [-0.2, 0) is 4.79 Å². The first-order chi connectivity index (χ1) is 13.7. The van der Waals surface area contributed by atoms with Crippen molar-refractivity contribution in [2.24, 2.45) is 0 Å². The number of ether oxygens (including phenoxy) is 1. The minimum absolute atomic E-state index is 0.165. The number of thioether (sulfide) groups is 1. The molecule has 1 aromatic carbocycles. The molecule has 0 bridgehead atoms. The Morgan fingerprint density at radius 1 is 1.29 bits per heavy atom. The smallest absolute Gasteiger partial charge is 0.234 e. The van der Waals surface area contributed by atoms with Crippen LogP contribution in [0.15, 0.2) is 47.9 Å². The number of carbonyl (C=O) groups is 1. The fourth-order valence-electron chi connectivity index (χ4n) is 2.83. The minimum atomic E-state index is -0.165. The van der Waals surface area contributed by atoms with E-state index in [1.54, 1.807) is 37.7 Å². The van der Waals surface area contributed by atoms with Crippen LogP contribution in [-0.4, -0.2) is 38.5 Å². The summed E-state index contributed by atoms with van der Waals surface area (Å²) in [4.78, 5) is 16.5. The lowest BCUT2D eigenvalue weighted by Gasteiger charge is -2.11. The number of anilines is 1. The first kappa shape index (κ1) is 18.8. The average molecular weight is 416 g/mol. The SMILES string of the molecule is COc1ccc(Cl)cc1NC(=O)CSc1nnc(-c2ccncc2)n1C1CC1. The summed E-state index contributed by atoms with van der Waals surface area (Å²) in [5.41, 5.74) is 1.51. The lowest BCUT2D eigenvalue weighted by Crippen LogP contribution is -2.15. The van der Waals surface area contributed by atoms with Gasteiger partial charge in [-0.1, -0.05) is 23.4 Å². The zero-order valence-corrected chi connectivity index (χ0v) is 16.7. The number of rotatable bonds is 7. The third kappa shape index (κ3) is 4.13. The van der Waals surface area contributed by atoms with E-state index in [4.69, 9.17) is 16.3 Å². The van der Waals surface area contributed by atoms with Crippen LogP contribution in [0.2, 0.25) is 5.02 Å². The lowest BCUT2D eigenvalue weighted by atomic mass is 10.2. The quantitative estimate of drug-likeness (QED) is 0.586. The van der Waals surface area contributed by atoms with Gasteiger partial charge < -0.3 is 10.1 Å². The third-order valence-corrected chi connectivity index (χ3v) is 5.46. The van der Waals surface area contributed by atoms with E-state index in [1.165, 1.54) is 11.8 Å². The number of halogens is 1. The Kier molecular flexibility index (Phi) is 5.50. The minimum Gasteiger partial charge on any atom is -0.495 e. The van der Waals surface area contributed by atoms with Crippen LogP contribution >= 0.6 is 23.4 Å². The Morgan fingerprint density at radius 3 is 2.79 bits per heavy atom. The average Bonchev–Trinajstić information content (AvgIpc) is 3.46. The largest absolute Gasteiger partial charge is 0.495 e. The maximum absolute atomic E-state index is 12.4. The predicted molar refractivity (Wildman–Crippen MR) is 109 cm³/mol. The van der Waals surface area contributed by atoms with Gasteiger partial charge in [-0.25, -0.2) is 0 Å². The monoisotopic (exact) mass is 415 g/mol. The van der Waals surface area contributed by atoms with E-state index in [0.717, 1.165) is 29.4 Å². The van der Waals surface area contributed by atoms with E-state index in [9.17, 15) is 4.79 Å². The van der Waals surface area contributed by atoms with E-state index >= 15 is 0 Å². The Hall–Kier alpha value is -2.58. The molecular weight excluding hydrogens is 398 g/mol. The van der Waals surface area contributed by atoms with Crippen molar-refractivity contribution in [3.05, 3.63) is 47.7 Å². The molecule has 0 aliphatic heterocycles. The fourth-order valence-corrected chi connectivity index (χ4v) is 3.81. The van der Waals surface area contributed by atoms with Crippen LogP contribution in [0.4, 0.5) is 5.69 Å². The zero-order chi connectivity index (χ0) is 19.5. The number of nitrogens with zero attached hydrogens (tertiary/aromatic N) is 4. The van der Waals surface area contributed by atoms with Crippen molar-refractivity contribution >= 4 is 35.0 Å². The summed E-state index contributed by atoms with van der Waals surface area (Å²) in [5.74, 6) is 1.41. The van der Waals surface area contributed by atoms with Gasteiger partial charge in [0.15, 0.2) is 11.0 Å². The number of carbonyl (C=O) groups excluding carboxylic acids is 1. The zero-order valence-electron chi connectivity index (χ0n) is 15.1. The van der Waals surface area contributed by atoms with Gasteiger partial charge in [0.2, 0.25) is 5.91 Å². The molecule has 1 aliphatic rings. The Bertz CT molecular complexity index is 991. The molecule has 0 saturated heterocycles. The molecule has 3 aromatic rings. The summed E-state index contributed by atoms with van der Waals surface area (Å²) < 4.78 is 7.38. The summed E-state index contributed by atoms with van der Waals surface area (Å²) in [5, 5.41) is 12.8. The van der Waals surface area contributed by atoms with E-state index < -0.39 is 0 Å². The van der Waals surface area contributed by atoms with Gasteiger partial charge in [0, 0.05) is 29.0 Å². The molecule has 1 N–H and O–H groups in total. The Morgan fingerprint density at radius 2 is 2.07 bits per heavy atom. The molecule has 0 radical (unpaired) electrons. The second-order valence-corrected chi connectivity index (χ2v) is 7.70. The lowest BCUT2D eigenvalue weighted by molar-refractivity contribution is -0.113. The molecule has 28 heavy (non-hydrogen) atoms. The standard InChI is InChI=1S/C19H18ClN5O2S/c1-27-16-5-2-13(20)10-15(16)22-17(26)11-28-19-24-23-18(25(19)14-3-4-14)12-6-8-21-9-7-12/h2,5-10,14H,3-4,11H2,1H3,(H,22,26). The highest BCUT2D eigenvalue weighted by molar-refractivity contribution is 7.99. The van der Waals surface area contributed by atoms with E-state index in [0.29, 0.717) is 22.5 Å². The second-order valence-electron chi connectivity index (χ2n) is 6.32. The van der Waals surface area contributed by atoms with Crippen molar-refractivity contribution in [3.8, 4) is 17.1 Å². The molecule has 1 fully saturated rings. The third-order valence-electron chi connectivity index (χ3n) is 4.28. The molecule has 9 heteroatoms. The summed E-state index contributed by atoms with van der Waals surface area (Å²) in [7, 11) is 1.55. The molecule has 144 valence electrons. The van der Waals surface area contributed by atoms with Crippen LogP contribution in [0, 0.1) is 0 Å². The highest BCUT2D eigenvalue weighted by atomic mass is 35.5. The summed E-state index contributed by atoms with van der Waals surface area (Å²) in [6.07, 6.45) is 5.66. The number of hydrogen-bond donors (Lipinski definition) is 1. The number of methoxy groups -OCH3 is 1. The number of aromatic nitrogens is 4. The molecule has 2 heterocycles. The maximum atomic E-state index is 12.4. The topological polar surface area (TPSA) is 81.9 Å². The van der Waals surface area contributed by atoms with Crippen LogP contribution < -0.4 is 10.1 Å². The van der Waals surface area contributed by atoms with Gasteiger partial charge in [0.05, 0.1) is 18.6 Å². The molecule has 7 nitrogen and oxygen atoms in total. The van der Waals surface area contributed by atoms with Crippen LogP contribution in [0.5, 0.6) is 5.75 Å². The van der Waals surface area contributed by atoms with Gasteiger partial charge in [0.1, 0.15) is 5.75 Å². The van der Waals surface area contributed by atoms with Crippen molar-refractivity contribution in [1.29, 1.82) is 0 Å². The van der Waals surface area contributed by atoms with Gasteiger partial charge in [0.25, 0.3) is 0 Å². The van der Waals surface area contributed by atoms with E-state index in [1.807, 2.05) is 12.1 Å². The maximum Gasteiger partial charge on any atom is 0.234 e. The molecule has 4 rings (SSSR count). The van der Waals surface area contributed by atoms with Gasteiger partial charge in [-0.15, -0.1) is 10.2 Å². The van der Waals surface area contributed by atoms with Gasteiger partial charge in [-0.3, -0.25) is 14.3 Å². The first-order valence-electron chi connectivity index (χ1n) is 8.77. The van der Waals surface area contributed by atoms with Crippen LogP contribution in [0.25, 0.3) is 11.4 Å². The predicted octanol–water partition coefficient (Wildman–Crippen LogP) is 4.07. The molecule has 0 spiro atoms. The molecule has 0 unspecified atom stereocenters. The molecule has 2 aromatic heterocycles. The molecule has 0 atom stereocenters. The first-order valence-corrected chi connectivity index (χ1v) is 10.1. The number of amides is 1. The highest BCUT2D eigenvalue weighted by Crippen LogP contribution is 2.41. The summed E-state index contributed by atoms with van der Waals surface area (Å²) in [6, 6.07) is 9.30. The van der Waals surface area contributed by atoms with Gasteiger partial charge in [-0.2, -0.15) is 0 Å². The van der Waals surface area contributed by atoms with E-state index in [-0.39, 0.29) is 11.7 Å². The van der Waals surface area contributed by atoms with Crippen molar-refractivity contribution < 1.29 is 9.53 Å². The van der Waals surface area contributed by atoms with Crippen molar-refractivity contribution in [1.82, 2.24) is 19.7 Å². The Balaban J connectivity index is 1.48. The van der Waals surface area contributed by atoms with Crippen LogP contribution in [0.1, 0.15) is 18.9 Å². The fraction of sp³-hybridized carbons (Fsp3) is 0.263. The van der Waals surface area contributed by atoms with E-state index in [2.05, 4.69) is 25.1 Å². The number of hydrogen-bond acceptors (Lipinski definition) is 6. The van der Waals surface area contributed by atoms with Gasteiger partial charge in [-0.05, 0) is 43.2 Å². The van der Waals surface area contributed by atoms with Crippen molar-refractivity contribution in [2.45, 2.75) is 24.0 Å². The summed E-state index contributed by atoms with van der Waals surface area (Å²) >= 11 is 7.38. The number of pyridine rings is 1. The van der Waals surface area contributed by atoms with Crippen LogP contribution in [0.3, 0.4) is 0 Å². The van der Waals surface area contributed by atoms with Crippen molar-refractivity contribution in [3.63, 3.8) is 0 Å². The van der Waals surface area contributed by atoms with Gasteiger partial charge >= 0.3 is 0 Å². The molecule has 1 saturated carbocycles. The Labute approximate surface area is 171 Å². The number of nitrogens with one attached hydrogen (secondary N) is 1. The molecular formula is C19H18ClN5O2S. The molecule has 1 amide bonds.